The van der Waals surface area contributed by atoms with Crippen LogP contribution in [-0.2, 0) is 14.3 Å². The van der Waals surface area contributed by atoms with Crippen molar-refractivity contribution in [2.45, 2.75) is 24.5 Å². The molecular formula is C9H13F3N2O6. The molecule has 1 aliphatic heterocycles. The Bertz CT molecular complexity index is 377. The SMILES string of the molecule is O=C(NNC(=O)C(F)(F)F)[C@@H]1CO[C@H](CO)[C@H](O)[C@@H]1O. The molecule has 1 rings (SSSR count). The van der Waals surface area contributed by atoms with Crippen molar-refractivity contribution in [2.24, 2.45) is 5.92 Å². The number of amides is 2. The summed E-state index contributed by atoms with van der Waals surface area (Å²) in [5, 5.41) is 27.9. The molecule has 1 saturated heterocycles. The van der Waals surface area contributed by atoms with Crippen LogP contribution in [0.3, 0.4) is 0 Å². The van der Waals surface area contributed by atoms with Gasteiger partial charge in [0.05, 0.1) is 25.2 Å². The highest BCUT2D eigenvalue weighted by Gasteiger charge is 2.43. The van der Waals surface area contributed by atoms with Crippen molar-refractivity contribution in [3.63, 3.8) is 0 Å². The summed E-state index contributed by atoms with van der Waals surface area (Å²) in [6.45, 7) is -1.03. The minimum atomic E-state index is -5.17. The van der Waals surface area contributed by atoms with Crippen LogP contribution in [0, 0.1) is 5.92 Å². The number of halogens is 3. The predicted octanol–water partition coefficient (Wildman–Crippen LogP) is -2.57. The van der Waals surface area contributed by atoms with Gasteiger partial charge in [0.25, 0.3) is 0 Å². The molecule has 8 nitrogen and oxygen atoms in total. The fraction of sp³-hybridized carbons (Fsp3) is 0.778. The van der Waals surface area contributed by atoms with Gasteiger partial charge >= 0.3 is 12.1 Å². The molecule has 1 aliphatic rings. The first kappa shape index (κ1) is 16.6. The summed E-state index contributed by atoms with van der Waals surface area (Å²) < 4.78 is 40.5. The van der Waals surface area contributed by atoms with Gasteiger partial charge in [0.1, 0.15) is 12.2 Å². The van der Waals surface area contributed by atoms with Gasteiger partial charge in [-0.2, -0.15) is 13.2 Å². The first-order valence-electron chi connectivity index (χ1n) is 5.44. The second-order valence-corrected chi connectivity index (χ2v) is 4.08. The van der Waals surface area contributed by atoms with Crippen LogP contribution >= 0.6 is 0 Å². The number of aliphatic hydroxyl groups is 3. The van der Waals surface area contributed by atoms with Crippen LogP contribution in [0.1, 0.15) is 0 Å². The van der Waals surface area contributed by atoms with Crippen LogP contribution in [0.15, 0.2) is 0 Å². The highest BCUT2D eigenvalue weighted by Crippen LogP contribution is 2.20. The molecule has 2 amide bonds. The third kappa shape index (κ3) is 3.79. The van der Waals surface area contributed by atoms with Crippen molar-refractivity contribution in [3.8, 4) is 0 Å². The van der Waals surface area contributed by atoms with Crippen LogP contribution in [0.2, 0.25) is 0 Å². The number of ether oxygens (including phenoxy) is 1. The van der Waals surface area contributed by atoms with E-state index in [4.69, 9.17) is 9.84 Å². The van der Waals surface area contributed by atoms with Crippen LogP contribution in [0.25, 0.3) is 0 Å². The Morgan fingerprint density at radius 1 is 1.20 bits per heavy atom. The van der Waals surface area contributed by atoms with Crippen LogP contribution < -0.4 is 10.9 Å². The lowest BCUT2D eigenvalue weighted by Crippen LogP contribution is -2.58. The van der Waals surface area contributed by atoms with E-state index in [1.165, 1.54) is 5.43 Å². The van der Waals surface area contributed by atoms with Crippen molar-refractivity contribution in [3.05, 3.63) is 0 Å². The molecule has 116 valence electrons. The van der Waals surface area contributed by atoms with Crippen LogP contribution in [0.5, 0.6) is 0 Å². The Morgan fingerprint density at radius 3 is 2.30 bits per heavy atom. The van der Waals surface area contributed by atoms with Crippen molar-refractivity contribution in [2.75, 3.05) is 13.2 Å². The fourth-order valence-electron chi connectivity index (χ4n) is 1.56. The predicted molar refractivity (Wildman–Crippen MR) is 54.7 cm³/mol. The lowest BCUT2D eigenvalue weighted by Gasteiger charge is -2.35. The van der Waals surface area contributed by atoms with E-state index < -0.39 is 55.4 Å². The second kappa shape index (κ2) is 6.35. The van der Waals surface area contributed by atoms with E-state index >= 15 is 0 Å². The van der Waals surface area contributed by atoms with Crippen molar-refractivity contribution >= 4 is 11.8 Å². The number of carbonyl (C=O) groups excluding carboxylic acids is 2. The number of hydrogen-bond acceptors (Lipinski definition) is 6. The van der Waals surface area contributed by atoms with Crippen molar-refractivity contribution in [1.82, 2.24) is 10.9 Å². The zero-order valence-corrected chi connectivity index (χ0v) is 9.92. The summed E-state index contributed by atoms with van der Waals surface area (Å²) in [4.78, 5) is 21.9. The van der Waals surface area contributed by atoms with Gasteiger partial charge in [0.15, 0.2) is 0 Å². The summed E-state index contributed by atoms with van der Waals surface area (Å²) in [5.74, 6) is -4.93. The summed E-state index contributed by atoms with van der Waals surface area (Å²) >= 11 is 0. The maximum Gasteiger partial charge on any atom is 0.472 e. The minimum absolute atomic E-state index is 0.433. The van der Waals surface area contributed by atoms with E-state index in [0.717, 1.165) is 5.43 Å². The molecule has 0 radical (unpaired) electrons. The molecule has 0 aromatic rings. The Morgan fingerprint density at radius 2 is 1.80 bits per heavy atom. The molecule has 4 atom stereocenters. The molecule has 0 aromatic carbocycles. The van der Waals surface area contributed by atoms with Gasteiger partial charge in [-0.25, -0.2) is 0 Å². The molecule has 11 heteroatoms. The number of carbonyl (C=O) groups is 2. The molecular weight excluding hydrogens is 289 g/mol. The molecule has 0 aromatic heterocycles. The third-order valence-corrected chi connectivity index (χ3v) is 2.71. The van der Waals surface area contributed by atoms with E-state index in [2.05, 4.69) is 0 Å². The third-order valence-electron chi connectivity index (χ3n) is 2.71. The van der Waals surface area contributed by atoms with Gasteiger partial charge in [-0.1, -0.05) is 0 Å². The smallest absolute Gasteiger partial charge is 0.394 e. The van der Waals surface area contributed by atoms with Gasteiger partial charge in [-0.3, -0.25) is 20.4 Å². The molecule has 1 heterocycles. The molecule has 5 N–H and O–H groups in total. The Hall–Kier alpha value is -1.43. The van der Waals surface area contributed by atoms with E-state index in [1.54, 1.807) is 0 Å². The molecule has 0 saturated carbocycles. The quantitative estimate of drug-likeness (QED) is 0.357. The van der Waals surface area contributed by atoms with Gasteiger partial charge in [0.2, 0.25) is 5.91 Å². The number of nitrogens with one attached hydrogen (secondary N) is 2. The van der Waals surface area contributed by atoms with Crippen molar-refractivity contribution < 1.29 is 42.8 Å². The number of alkyl halides is 3. The van der Waals surface area contributed by atoms with E-state index in [-0.39, 0.29) is 0 Å². The largest absolute Gasteiger partial charge is 0.472 e. The lowest BCUT2D eigenvalue weighted by atomic mass is 9.92. The average Bonchev–Trinajstić information content (AvgIpc) is 2.37. The first-order valence-corrected chi connectivity index (χ1v) is 5.44. The maximum atomic E-state index is 11.9. The van der Waals surface area contributed by atoms with Crippen LogP contribution in [0.4, 0.5) is 13.2 Å². The number of aliphatic hydroxyl groups excluding tert-OH is 3. The Balaban J connectivity index is 2.54. The topological polar surface area (TPSA) is 128 Å². The van der Waals surface area contributed by atoms with E-state index in [9.17, 15) is 33.0 Å². The molecule has 0 bridgehead atoms. The maximum absolute atomic E-state index is 11.9. The first-order chi connectivity index (χ1) is 9.18. The summed E-state index contributed by atoms with van der Waals surface area (Å²) in [7, 11) is 0. The Labute approximate surface area is 110 Å². The molecule has 1 fully saturated rings. The normalized spacial score (nSPS) is 30.7. The highest BCUT2D eigenvalue weighted by molar-refractivity contribution is 5.86. The lowest BCUT2D eigenvalue weighted by molar-refractivity contribution is -0.184. The summed E-state index contributed by atoms with van der Waals surface area (Å²) in [5.41, 5.74) is 2.59. The molecule has 20 heavy (non-hydrogen) atoms. The van der Waals surface area contributed by atoms with Gasteiger partial charge < -0.3 is 20.1 Å². The monoisotopic (exact) mass is 302 g/mol. The molecule has 0 unspecified atom stereocenters. The molecule has 0 spiro atoms. The minimum Gasteiger partial charge on any atom is -0.394 e. The number of hydrazine groups is 1. The highest BCUT2D eigenvalue weighted by atomic mass is 19.4. The Kier molecular flexibility index (Phi) is 5.28. The molecule has 0 aliphatic carbocycles. The van der Waals surface area contributed by atoms with E-state index in [0.29, 0.717) is 0 Å². The summed E-state index contributed by atoms with van der Waals surface area (Å²) in [6.07, 6.45) is -9.50. The standard InChI is InChI=1S/C9H13F3N2O6/c10-9(11,12)8(19)14-13-7(18)3-2-20-4(1-15)6(17)5(3)16/h3-6,15-17H,1-2H2,(H,13,18)(H,14,19)/t3-,4-,5-,6+/m1/s1. The zero-order valence-electron chi connectivity index (χ0n) is 9.92. The van der Waals surface area contributed by atoms with Crippen molar-refractivity contribution in [1.29, 1.82) is 0 Å². The second-order valence-electron chi connectivity index (χ2n) is 4.08. The van der Waals surface area contributed by atoms with E-state index in [1.807, 2.05) is 0 Å². The van der Waals surface area contributed by atoms with Gasteiger partial charge in [-0.05, 0) is 0 Å². The fourth-order valence-corrected chi connectivity index (χ4v) is 1.56. The van der Waals surface area contributed by atoms with Crippen LogP contribution in [-0.4, -0.2) is 64.8 Å². The zero-order chi connectivity index (χ0) is 15.5. The number of rotatable bonds is 2. The average molecular weight is 302 g/mol. The van der Waals surface area contributed by atoms with Gasteiger partial charge in [-0.15, -0.1) is 0 Å². The summed E-state index contributed by atoms with van der Waals surface area (Å²) in [6, 6.07) is 0. The number of hydrogen-bond donors (Lipinski definition) is 5. The van der Waals surface area contributed by atoms with Gasteiger partial charge in [0, 0.05) is 0 Å².